The summed E-state index contributed by atoms with van der Waals surface area (Å²) in [5.74, 6) is 0.273. The molecule has 0 saturated heterocycles. The summed E-state index contributed by atoms with van der Waals surface area (Å²) in [5.41, 5.74) is 2.10. The minimum absolute atomic E-state index is 0.125. The van der Waals surface area contributed by atoms with Crippen molar-refractivity contribution in [1.29, 1.82) is 0 Å². The summed E-state index contributed by atoms with van der Waals surface area (Å²) in [6, 6.07) is 19.7. The molecule has 0 aliphatic rings. The van der Waals surface area contributed by atoms with E-state index in [9.17, 15) is 9.59 Å². The maximum Gasteiger partial charge on any atom is 0.291 e. The van der Waals surface area contributed by atoms with Gasteiger partial charge in [-0.1, -0.05) is 36.4 Å². The predicted octanol–water partition coefficient (Wildman–Crippen LogP) is 3.86. The van der Waals surface area contributed by atoms with Crippen molar-refractivity contribution in [3.63, 3.8) is 0 Å². The van der Waals surface area contributed by atoms with E-state index >= 15 is 0 Å². The van der Waals surface area contributed by atoms with E-state index in [0.717, 1.165) is 5.56 Å². The standard InChI is InChI=1S/C21H20N2O4/c1-26-14-18-10-11-19(27-18)21(25)23-17-9-5-8-16(13-17)22-20(24)12-15-6-3-2-4-7-15/h2-11,13H,12,14H2,1H3,(H,22,24)(H,23,25). The molecule has 0 saturated carbocycles. The Labute approximate surface area is 157 Å². The molecule has 3 aromatic rings. The van der Waals surface area contributed by atoms with E-state index in [-0.39, 0.29) is 24.0 Å². The molecule has 2 aromatic carbocycles. The Kier molecular flexibility index (Phi) is 6.02. The lowest BCUT2D eigenvalue weighted by molar-refractivity contribution is -0.115. The summed E-state index contributed by atoms with van der Waals surface area (Å²) in [7, 11) is 1.56. The van der Waals surface area contributed by atoms with Gasteiger partial charge in [-0.2, -0.15) is 0 Å². The van der Waals surface area contributed by atoms with E-state index < -0.39 is 0 Å². The summed E-state index contributed by atoms with van der Waals surface area (Å²) >= 11 is 0. The largest absolute Gasteiger partial charge is 0.453 e. The van der Waals surface area contributed by atoms with Crippen LogP contribution in [0.3, 0.4) is 0 Å². The normalized spacial score (nSPS) is 10.4. The number of furan rings is 1. The fourth-order valence-electron chi connectivity index (χ4n) is 2.57. The van der Waals surface area contributed by atoms with Crippen LogP contribution in [0.2, 0.25) is 0 Å². The Hall–Kier alpha value is -3.38. The van der Waals surface area contributed by atoms with Crippen molar-refractivity contribution >= 4 is 23.2 Å². The third-order valence-electron chi connectivity index (χ3n) is 3.78. The lowest BCUT2D eigenvalue weighted by atomic mass is 10.1. The molecule has 0 radical (unpaired) electrons. The number of benzene rings is 2. The minimum atomic E-state index is -0.370. The van der Waals surface area contributed by atoms with Gasteiger partial charge in [0.1, 0.15) is 12.4 Å². The van der Waals surface area contributed by atoms with Gasteiger partial charge >= 0.3 is 0 Å². The highest BCUT2D eigenvalue weighted by Crippen LogP contribution is 2.17. The molecule has 2 amide bonds. The zero-order valence-corrected chi connectivity index (χ0v) is 14.9. The number of anilines is 2. The molecule has 138 valence electrons. The zero-order chi connectivity index (χ0) is 19.1. The average molecular weight is 364 g/mol. The highest BCUT2D eigenvalue weighted by Gasteiger charge is 2.12. The van der Waals surface area contributed by atoms with E-state index in [1.165, 1.54) is 0 Å². The first-order valence-electron chi connectivity index (χ1n) is 8.47. The Morgan fingerprint density at radius 3 is 2.41 bits per heavy atom. The number of hydrogen-bond acceptors (Lipinski definition) is 4. The maximum atomic E-state index is 12.3. The Morgan fingerprint density at radius 1 is 0.926 bits per heavy atom. The molecular weight excluding hydrogens is 344 g/mol. The number of hydrogen-bond donors (Lipinski definition) is 2. The number of carbonyl (C=O) groups is 2. The van der Waals surface area contributed by atoms with Crippen molar-refractivity contribution in [3.05, 3.63) is 83.8 Å². The molecule has 0 bridgehead atoms. The van der Waals surface area contributed by atoms with Crippen molar-refractivity contribution in [2.45, 2.75) is 13.0 Å². The fraction of sp³-hybridized carbons (Fsp3) is 0.143. The van der Waals surface area contributed by atoms with Crippen LogP contribution in [-0.4, -0.2) is 18.9 Å². The number of amides is 2. The molecule has 27 heavy (non-hydrogen) atoms. The molecule has 6 heteroatoms. The van der Waals surface area contributed by atoms with Crippen molar-refractivity contribution < 1.29 is 18.7 Å². The highest BCUT2D eigenvalue weighted by atomic mass is 16.5. The maximum absolute atomic E-state index is 12.3. The zero-order valence-electron chi connectivity index (χ0n) is 14.9. The number of nitrogens with one attached hydrogen (secondary N) is 2. The summed E-state index contributed by atoms with van der Waals surface area (Å²) < 4.78 is 10.4. The topological polar surface area (TPSA) is 80.6 Å². The molecule has 1 aromatic heterocycles. The Balaban J connectivity index is 1.61. The number of rotatable bonds is 7. The summed E-state index contributed by atoms with van der Waals surface area (Å²) in [6.07, 6.45) is 0.284. The van der Waals surface area contributed by atoms with Crippen LogP contribution in [0.5, 0.6) is 0 Å². The quantitative estimate of drug-likeness (QED) is 0.667. The van der Waals surface area contributed by atoms with Crippen molar-refractivity contribution in [3.8, 4) is 0 Å². The predicted molar refractivity (Wildman–Crippen MR) is 103 cm³/mol. The number of methoxy groups -OCH3 is 1. The molecule has 3 rings (SSSR count). The van der Waals surface area contributed by atoms with Gasteiger partial charge in [-0.3, -0.25) is 9.59 Å². The van der Waals surface area contributed by atoms with Crippen LogP contribution in [0.25, 0.3) is 0 Å². The van der Waals surface area contributed by atoms with Crippen LogP contribution in [0.1, 0.15) is 21.9 Å². The van der Waals surface area contributed by atoms with Crippen molar-refractivity contribution in [1.82, 2.24) is 0 Å². The van der Waals surface area contributed by atoms with E-state index in [0.29, 0.717) is 23.7 Å². The summed E-state index contributed by atoms with van der Waals surface area (Å²) in [6.45, 7) is 0.302. The SMILES string of the molecule is COCc1ccc(C(=O)Nc2cccc(NC(=O)Cc3ccccc3)c2)o1. The van der Waals surface area contributed by atoms with Gasteiger partial charge in [0.25, 0.3) is 5.91 Å². The van der Waals surface area contributed by atoms with Gasteiger partial charge in [0.05, 0.1) is 6.42 Å². The second-order valence-corrected chi connectivity index (χ2v) is 5.94. The van der Waals surface area contributed by atoms with Gasteiger partial charge in [-0.15, -0.1) is 0 Å². The van der Waals surface area contributed by atoms with E-state index in [4.69, 9.17) is 9.15 Å². The molecular formula is C21H20N2O4. The second kappa shape index (κ2) is 8.82. The van der Waals surface area contributed by atoms with Gasteiger partial charge in [0, 0.05) is 18.5 Å². The molecule has 0 fully saturated rings. The van der Waals surface area contributed by atoms with E-state index in [1.54, 1.807) is 43.5 Å². The molecule has 6 nitrogen and oxygen atoms in total. The van der Waals surface area contributed by atoms with Crippen LogP contribution < -0.4 is 10.6 Å². The molecule has 0 aliphatic carbocycles. The minimum Gasteiger partial charge on any atom is -0.453 e. The third kappa shape index (κ3) is 5.29. The van der Waals surface area contributed by atoms with Gasteiger partial charge < -0.3 is 19.8 Å². The lowest BCUT2D eigenvalue weighted by Gasteiger charge is -2.08. The fourth-order valence-corrected chi connectivity index (χ4v) is 2.57. The highest BCUT2D eigenvalue weighted by molar-refractivity contribution is 6.02. The van der Waals surface area contributed by atoms with Crippen LogP contribution in [0.15, 0.2) is 71.1 Å². The molecule has 0 atom stereocenters. The van der Waals surface area contributed by atoms with Crippen molar-refractivity contribution in [2.24, 2.45) is 0 Å². The molecule has 0 unspecified atom stereocenters. The van der Waals surface area contributed by atoms with Gasteiger partial charge in [0.15, 0.2) is 5.76 Å². The molecule has 2 N–H and O–H groups in total. The monoisotopic (exact) mass is 364 g/mol. The Morgan fingerprint density at radius 2 is 1.67 bits per heavy atom. The summed E-state index contributed by atoms with van der Waals surface area (Å²) in [5, 5.41) is 5.59. The average Bonchev–Trinajstić information content (AvgIpc) is 3.12. The third-order valence-corrected chi connectivity index (χ3v) is 3.78. The Bertz CT molecular complexity index is 919. The molecule has 0 spiro atoms. The van der Waals surface area contributed by atoms with Crippen LogP contribution in [0, 0.1) is 0 Å². The first-order valence-corrected chi connectivity index (χ1v) is 8.47. The van der Waals surface area contributed by atoms with Crippen LogP contribution in [0.4, 0.5) is 11.4 Å². The summed E-state index contributed by atoms with van der Waals surface area (Å²) in [4.78, 5) is 24.4. The van der Waals surface area contributed by atoms with Gasteiger partial charge in [0.2, 0.25) is 5.91 Å². The number of ether oxygens (including phenoxy) is 1. The van der Waals surface area contributed by atoms with Crippen LogP contribution >= 0.6 is 0 Å². The van der Waals surface area contributed by atoms with Gasteiger partial charge in [-0.05, 0) is 35.9 Å². The van der Waals surface area contributed by atoms with E-state index in [1.807, 2.05) is 30.3 Å². The smallest absolute Gasteiger partial charge is 0.291 e. The van der Waals surface area contributed by atoms with E-state index in [2.05, 4.69) is 10.6 Å². The van der Waals surface area contributed by atoms with Crippen molar-refractivity contribution in [2.75, 3.05) is 17.7 Å². The van der Waals surface area contributed by atoms with Gasteiger partial charge in [-0.25, -0.2) is 0 Å². The first-order chi connectivity index (χ1) is 13.1. The number of carbonyl (C=O) groups excluding carboxylic acids is 2. The molecule has 1 heterocycles. The van der Waals surface area contributed by atoms with Crippen LogP contribution in [-0.2, 0) is 22.6 Å². The first kappa shape index (κ1) is 18.4. The molecule has 0 aliphatic heterocycles. The lowest BCUT2D eigenvalue weighted by Crippen LogP contribution is -2.15. The second-order valence-electron chi connectivity index (χ2n) is 5.94.